The van der Waals surface area contributed by atoms with E-state index in [-0.39, 0.29) is 5.75 Å². The standard InChI is InChI=1S/C20H15ClN2O4/c1-11-6-19(24)27-17-9-18(16(21)8-15(11)17)26-12(2)20(25)23-14-5-3-4-13(7-14)10-22/h3-9,12H,1-2H3,(H,23,25)/t12-/m1/s1. The largest absolute Gasteiger partial charge is 0.479 e. The van der Waals surface area contributed by atoms with Crippen LogP contribution in [0, 0.1) is 18.3 Å². The molecule has 0 fully saturated rings. The molecule has 1 N–H and O–H groups in total. The van der Waals surface area contributed by atoms with Gasteiger partial charge in [-0.3, -0.25) is 4.79 Å². The molecule has 0 spiro atoms. The number of aryl methyl sites for hydroxylation is 1. The van der Waals surface area contributed by atoms with Gasteiger partial charge in [0, 0.05) is 23.2 Å². The summed E-state index contributed by atoms with van der Waals surface area (Å²) in [5.41, 5.74) is 1.51. The Hall–Kier alpha value is -3.30. The summed E-state index contributed by atoms with van der Waals surface area (Å²) in [7, 11) is 0. The number of rotatable bonds is 4. The molecule has 1 heterocycles. The molecule has 0 unspecified atom stereocenters. The third kappa shape index (κ3) is 4.10. The van der Waals surface area contributed by atoms with Crippen LogP contribution in [0.2, 0.25) is 5.02 Å². The van der Waals surface area contributed by atoms with Crippen LogP contribution in [0.5, 0.6) is 5.75 Å². The first-order chi connectivity index (χ1) is 12.9. The van der Waals surface area contributed by atoms with Crippen molar-refractivity contribution >= 4 is 34.2 Å². The predicted molar refractivity (Wildman–Crippen MR) is 102 cm³/mol. The summed E-state index contributed by atoms with van der Waals surface area (Å²) < 4.78 is 10.8. The maximum atomic E-state index is 12.4. The van der Waals surface area contributed by atoms with Crippen molar-refractivity contribution in [3.8, 4) is 11.8 Å². The van der Waals surface area contributed by atoms with Crippen molar-refractivity contribution < 1.29 is 13.9 Å². The van der Waals surface area contributed by atoms with E-state index in [1.165, 1.54) is 12.1 Å². The first-order valence-electron chi connectivity index (χ1n) is 8.09. The molecule has 2 aromatic carbocycles. The van der Waals surface area contributed by atoms with Gasteiger partial charge in [-0.2, -0.15) is 5.26 Å². The number of carbonyl (C=O) groups excluding carboxylic acids is 1. The molecular formula is C20H15ClN2O4. The number of fused-ring (bicyclic) bond motifs is 1. The number of nitrogens with zero attached hydrogens (tertiary/aromatic N) is 1. The molecule has 27 heavy (non-hydrogen) atoms. The number of benzene rings is 2. The Labute approximate surface area is 159 Å². The quantitative estimate of drug-likeness (QED) is 0.687. The highest BCUT2D eigenvalue weighted by atomic mass is 35.5. The highest BCUT2D eigenvalue weighted by molar-refractivity contribution is 6.32. The monoisotopic (exact) mass is 382 g/mol. The van der Waals surface area contributed by atoms with Crippen LogP contribution in [-0.4, -0.2) is 12.0 Å². The van der Waals surface area contributed by atoms with Crippen LogP contribution in [0.3, 0.4) is 0 Å². The Bertz CT molecular complexity index is 1130. The zero-order chi connectivity index (χ0) is 19.6. The first kappa shape index (κ1) is 18.5. The zero-order valence-electron chi connectivity index (χ0n) is 14.6. The number of nitriles is 1. The molecule has 0 saturated carbocycles. The van der Waals surface area contributed by atoms with E-state index in [9.17, 15) is 9.59 Å². The number of anilines is 1. The average molecular weight is 383 g/mol. The van der Waals surface area contributed by atoms with Gasteiger partial charge in [0.25, 0.3) is 5.91 Å². The van der Waals surface area contributed by atoms with E-state index in [1.807, 2.05) is 6.07 Å². The minimum absolute atomic E-state index is 0.228. The minimum Gasteiger partial charge on any atom is -0.479 e. The fourth-order valence-electron chi connectivity index (χ4n) is 2.56. The summed E-state index contributed by atoms with van der Waals surface area (Å²) in [6.45, 7) is 3.35. The van der Waals surface area contributed by atoms with Gasteiger partial charge < -0.3 is 14.5 Å². The first-order valence-corrected chi connectivity index (χ1v) is 8.47. The van der Waals surface area contributed by atoms with Crippen LogP contribution < -0.4 is 15.7 Å². The van der Waals surface area contributed by atoms with Crippen LogP contribution in [0.4, 0.5) is 5.69 Å². The van der Waals surface area contributed by atoms with Crippen molar-refractivity contribution in [2.45, 2.75) is 20.0 Å². The number of hydrogen-bond acceptors (Lipinski definition) is 5. The van der Waals surface area contributed by atoms with E-state index >= 15 is 0 Å². The molecule has 1 atom stereocenters. The smallest absolute Gasteiger partial charge is 0.336 e. The fourth-order valence-corrected chi connectivity index (χ4v) is 2.77. The summed E-state index contributed by atoms with van der Waals surface area (Å²) in [6.07, 6.45) is -0.873. The summed E-state index contributed by atoms with van der Waals surface area (Å²) in [4.78, 5) is 23.9. The van der Waals surface area contributed by atoms with Gasteiger partial charge in [-0.25, -0.2) is 4.79 Å². The second-order valence-corrected chi connectivity index (χ2v) is 6.38. The second kappa shape index (κ2) is 7.52. The molecule has 1 amide bonds. The molecule has 7 heteroatoms. The maximum absolute atomic E-state index is 12.4. The van der Waals surface area contributed by atoms with Crippen molar-refractivity contribution in [1.82, 2.24) is 0 Å². The maximum Gasteiger partial charge on any atom is 0.336 e. The molecule has 136 valence electrons. The van der Waals surface area contributed by atoms with Crippen molar-refractivity contribution in [3.05, 3.63) is 69.0 Å². The topological polar surface area (TPSA) is 92.3 Å². The van der Waals surface area contributed by atoms with Crippen LogP contribution in [0.15, 0.2) is 51.7 Å². The van der Waals surface area contributed by atoms with Crippen molar-refractivity contribution in [2.75, 3.05) is 5.32 Å². The molecule has 1 aromatic heterocycles. The Morgan fingerprint density at radius 1 is 1.30 bits per heavy atom. The van der Waals surface area contributed by atoms with Crippen molar-refractivity contribution in [1.29, 1.82) is 5.26 Å². The third-order valence-electron chi connectivity index (χ3n) is 3.94. The van der Waals surface area contributed by atoms with Crippen LogP contribution in [0.1, 0.15) is 18.1 Å². The van der Waals surface area contributed by atoms with Gasteiger partial charge >= 0.3 is 5.63 Å². The van der Waals surface area contributed by atoms with Gasteiger partial charge in [0.1, 0.15) is 11.3 Å². The highest BCUT2D eigenvalue weighted by Crippen LogP contribution is 2.31. The zero-order valence-corrected chi connectivity index (χ0v) is 15.3. The molecule has 0 aliphatic rings. The van der Waals surface area contributed by atoms with Crippen LogP contribution in [-0.2, 0) is 4.79 Å². The Kier molecular flexibility index (Phi) is 5.15. The average Bonchev–Trinajstić information content (AvgIpc) is 2.63. The van der Waals surface area contributed by atoms with Crippen LogP contribution >= 0.6 is 11.6 Å². The van der Waals surface area contributed by atoms with Gasteiger partial charge in [0.15, 0.2) is 6.10 Å². The molecule has 6 nitrogen and oxygen atoms in total. The second-order valence-electron chi connectivity index (χ2n) is 5.97. The fraction of sp³-hybridized carbons (Fsp3) is 0.150. The lowest BCUT2D eigenvalue weighted by Crippen LogP contribution is -2.30. The summed E-state index contributed by atoms with van der Waals surface area (Å²) >= 11 is 6.25. The molecule has 3 rings (SSSR count). The van der Waals surface area contributed by atoms with Crippen molar-refractivity contribution in [2.24, 2.45) is 0 Å². The molecule has 0 bridgehead atoms. The number of carbonyl (C=O) groups is 1. The lowest BCUT2D eigenvalue weighted by molar-refractivity contribution is -0.122. The molecule has 3 aromatic rings. The molecular weight excluding hydrogens is 368 g/mol. The van der Waals surface area contributed by atoms with E-state index in [0.29, 0.717) is 27.2 Å². The number of halogens is 1. The summed E-state index contributed by atoms with van der Waals surface area (Å²) in [5, 5.41) is 12.6. The van der Waals surface area contributed by atoms with Gasteiger partial charge in [0.2, 0.25) is 0 Å². The van der Waals surface area contributed by atoms with Crippen LogP contribution in [0.25, 0.3) is 11.0 Å². The van der Waals surface area contributed by atoms with E-state index < -0.39 is 17.6 Å². The van der Waals surface area contributed by atoms with E-state index in [2.05, 4.69) is 5.32 Å². The molecule has 0 radical (unpaired) electrons. The summed E-state index contributed by atoms with van der Waals surface area (Å²) in [5.74, 6) is -0.182. The normalized spacial score (nSPS) is 11.6. The Morgan fingerprint density at radius 2 is 2.07 bits per heavy atom. The summed E-state index contributed by atoms with van der Waals surface area (Å²) in [6, 6.07) is 13.1. The molecule has 0 aliphatic carbocycles. The van der Waals surface area contributed by atoms with E-state index in [0.717, 1.165) is 5.56 Å². The molecule has 0 aliphatic heterocycles. The van der Waals surface area contributed by atoms with Gasteiger partial charge in [0.05, 0.1) is 16.7 Å². The van der Waals surface area contributed by atoms with E-state index in [4.69, 9.17) is 26.0 Å². The van der Waals surface area contributed by atoms with E-state index in [1.54, 1.807) is 44.2 Å². The van der Waals surface area contributed by atoms with Gasteiger partial charge in [-0.05, 0) is 43.7 Å². The highest BCUT2D eigenvalue weighted by Gasteiger charge is 2.18. The number of ether oxygens (including phenoxy) is 1. The third-order valence-corrected chi connectivity index (χ3v) is 4.23. The molecule has 0 saturated heterocycles. The Morgan fingerprint density at radius 3 is 2.81 bits per heavy atom. The minimum atomic E-state index is -0.873. The number of hydrogen-bond donors (Lipinski definition) is 1. The predicted octanol–water partition coefficient (Wildman–Crippen LogP) is 4.03. The Balaban J connectivity index is 1.81. The van der Waals surface area contributed by atoms with Gasteiger partial charge in [-0.1, -0.05) is 17.7 Å². The lowest BCUT2D eigenvalue weighted by atomic mass is 10.1. The SMILES string of the molecule is Cc1cc(=O)oc2cc(O[C@H](C)C(=O)Nc3cccc(C#N)c3)c(Cl)cc12. The van der Waals surface area contributed by atoms with Crippen molar-refractivity contribution in [3.63, 3.8) is 0 Å². The number of nitrogens with one attached hydrogen (secondary N) is 1. The lowest BCUT2D eigenvalue weighted by Gasteiger charge is -2.16. The number of amides is 1. The van der Waals surface area contributed by atoms with Gasteiger partial charge in [-0.15, -0.1) is 0 Å².